The molecule has 19 N–H and O–H groups in total. The van der Waals surface area contributed by atoms with E-state index in [0.29, 0.717) is 30.4 Å². The molecule has 1 saturated heterocycles. The third-order valence-corrected chi connectivity index (χ3v) is 16.5. The zero-order chi connectivity index (χ0) is 66.5. The summed E-state index contributed by atoms with van der Waals surface area (Å²) in [5, 5.41) is 31.2. The lowest BCUT2D eigenvalue weighted by Crippen LogP contribution is -2.60. The number of hydrogen-bond donors (Lipinski definition) is 14. The second-order valence-corrected chi connectivity index (χ2v) is 24.9. The Morgan fingerprint density at radius 3 is 1.93 bits per heavy atom. The number of benzene rings is 3. The first-order valence-corrected chi connectivity index (χ1v) is 32.2. The monoisotopic (exact) mass is 1260 g/mol. The highest BCUT2D eigenvalue weighted by Crippen LogP contribution is 2.26. The van der Waals surface area contributed by atoms with Gasteiger partial charge in [-0.25, -0.2) is 0 Å². The van der Waals surface area contributed by atoms with Crippen LogP contribution >= 0.6 is 0 Å². The average molecular weight is 1260 g/mol. The number of aliphatic hydroxyl groups is 1. The van der Waals surface area contributed by atoms with Crippen molar-refractivity contribution in [2.75, 3.05) is 32.7 Å². The van der Waals surface area contributed by atoms with Crippen molar-refractivity contribution in [2.45, 2.75) is 186 Å². The van der Waals surface area contributed by atoms with E-state index in [2.05, 4.69) is 54.1 Å². The van der Waals surface area contributed by atoms with Crippen LogP contribution in [0.2, 0.25) is 0 Å². The fraction of sp³-hybridized carbons (Fsp3) is 0.552. The van der Waals surface area contributed by atoms with E-state index in [-0.39, 0.29) is 90.0 Å². The molecule has 0 aliphatic carbocycles. The van der Waals surface area contributed by atoms with Gasteiger partial charge in [0.25, 0.3) is 0 Å². The highest BCUT2D eigenvalue weighted by Gasteiger charge is 2.39. The standard InChI is InChI=1S/C67H100N14O10/c1-5-6-7-8-12-20-48(82)39-58(85)76-55(40-70)57(84)37-45-30-34-73-62(88)54(36-47-41-75-50-22-14-13-21-49(47)50)80-64(90)53(24-17-33-74-66(71)72)78-63(89)52(23-15-16-31-68)79-65(91)59(67(2,3)4)81-61(87)46(38-56(83)51(29-32-69)77-60(45)86)35-42-25-27-44(28-26-42)43-18-10-9-11-19-43/h9-11,13-14,18-19,21-22,25-28,41,45-46,48,51-55,59,75,82H,5-8,12,15-17,20,23-24,29-40,68-70H2,1-4H3,(H,73,88)(H,76,85)(H,77,86)(H,78,89)(H,79,91)(H,80,90)(H,81,87)(H4,71,72,74)/t45-,46+,48-,51+,52+,53+,54+,55-,59-/m1/s1. The number of hydrogen-bond acceptors (Lipinski definition) is 14. The number of H-pyrrole nitrogens is 1. The summed E-state index contributed by atoms with van der Waals surface area (Å²) in [4.78, 5) is 139. The Kier molecular flexibility index (Phi) is 30.7. The Morgan fingerprint density at radius 2 is 1.27 bits per heavy atom. The molecule has 1 fully saturated rings. The first kappa shape index (κ1) is 73.7. The molecule has 24 nitrogen and oxygen atoms in total. The lowest BCUT2D eigenvalue weighted by Gasteiger charge is -2.33. The average Bonchev–Trinajstić information content (AvgIpc) is 2.28. The maximum atomic E-state index is 15.0. The van der Waals surface area contributed by atoms with Crippen LogP contribution < -0.4 is 65.9 Å². The molecule has 1 aromatic heterocycles. The number of nitrogens with one attached hydrogen (secondary N) is 8. The van der Waals surface area contributed by atoms with E-state index in [9.17, 15) is 43.5 Å². The van der Waals surface area contributed by atoms with Gasteiger partial charge in [0.1, 0.15) is 24.2 Å². The van der Waals surface area contributed by atoms with Gasteiger partial charge < -0.3 is 76.0 Å². The molecule has 91 heavy (non-hydrogen) atoms. The van der Waals surface area contributed by atoms with E-state index in [1.165, 1.54) is 0 Å². The number of Topliss-reactive ketones (excluding diaryl/α,β-unsaturated/α-hetero) is 2. The van der Waals surface area contributed by atoms with Gasteiger partial charge in [-0.1, -0.05) is 133 Å². The van der Waals surface area contributed by atoms with Gasteiger partial charge in [-0.3, -0.25) is 48.1 Å². The lowest BCUT2D eigenvalue weighted by molar-refractivity contribution is -0.137. The number of aromatic nitrogens is 1. The third kappa shape index (κ3) is 24.6. The molecule has 1 aliphatic heterocycles. The van der Waals surface area contributed by atoms with Gasteiger partial charge in [-0.05, 0) is 105 Å². The fourth-order valence-electron chi connectivity index (χ4n) is 11.2. The summed E-state index contributed by atoms with van der Waals surface area (Å²) in [5.41, 5.74) is 32.4. The maximum absolute atomic E-state index is 15.0. The Balaban J connectivity index is 1.59. The number of rotatable bonds is 28. The summed E-state index contributed by atoms with van der Waals surface area (Å²) in [6, 6.07) is 16.7. The highest BCUT2D eigenvalue weighted by molar-refractivity contribution is 5.98. The van der Waals surface area contributed by atoms with Gasteiger partial charge in [-0.2, -0.15) is 0 Å². The number of para-hydroxylation sites is 1. The topological polar surface area (TPSA) is 416 Å². The Morgan fingerprint density at radius 1 is 0.648 bits per heavy atom. The third-order valence-electron chi connectivity index (χ3n) is 16.5. The number of aliphatic imine (C=N–C) groups is 1. The number of amides is 7. The minimum absolute atomic E-state index is 0.00544. The van der Waals surface area contributed by atoms with Crippen LogP contribution in [0.3, 0.4) is 0 Å². The number of ketones is 2. The van der Waals surface area contributed by atoms with Crippen molar-refractivity contribution in [2.24, 2.45) is 50.9 Å². The van der Waals surface area contributed by atoms with E-state index in [4.69, 9.17) is 28.7 Å². The summed E-state index contributed by atoms with van der Waals surface area (Å²) >= 11 is 0. The molecule has 0 saturated carbocycles. The zero-order valence-corrected chi connectivity index (χ0v) is 53.5. The lowest BCUT2D eigenvalue weighted by atomic mass is 9.84. The first-order valence-electron chi connectivity index (χ1n) is 32.2. The van der Waals surface area contributed by atoms with Crippen molar-refractivity contribution < 1.29 is 48.3 Å². The minimum Gasteiger partial charge on any atom is -0.393 e. The summed E-state index contributed by atoms with van der Waals surface area (Å²) in [7, 11) is 0. The predicted molar refractivity (Wildman–Crippen MR) is 352 cm³/mol. The van der Waals surface area contributed by atoms with Crippen molar-refractivity contribution >= 4 is 69.8 Å². The van der Waals surface area contributed by atoms with Crippen molar-refractivity contribution in [1.29, 1.82) is 0 Å². The van der Waals surface area contributed by atoms with Crippen LogP contribution in [0, 0.1) is 17.3 Å². The summed E-state index contributed by atoms with van der Waals surface area (Å²) in [5.74, 6) is -8.84. The molecule has 0 spiro atoms. The number of aromatic amines is 1. The molecule has 0 unspecified atom stereocenters. The van der Waals surface area contributed by atoms with E-state index >= 15 is 4.79 Å². The number of fused-ring (bicyclic) bond motifs is 1. The smallest absolute Gasteiger partial charge is 0.243 e. The Bertz CT molecular complexity index is 3040. The van der Waals surface area contributed by atoms with E-state index < -0.39 is 125 Å². The molecule has 498 valence electrons. The quantitative estimate of drug-likeness (QED) is 0.0221. The number of nitrogens with zero attached hydrogens (tertiary/aromatic N) is 1. The molecule has 5 rings (SSSR count). The molecular formula is C67H100N14O10. The number of carbonyl (C=O) groups excluding carboxylic acids is 9. The van der Waals surface area contributed by atoms with Gasteiger partial charge in [0.2, 0.25) is 41.4 Å². The van der Waals surface area contributed by atoms with Crippen molar-refractivity contribution in [3.05, 3.63) is 96.2 Å². The van der Waals surface area contributed by atoms with Crippen LogP contribution in [0.5, 0.6) is 0 Å². The molecule has 9 atom stereocenters. The predicted octanol–water partition coefficient (Wildman–Crippen LogP) is 2.85. The molecule has 24 heteroatoms. The van der Waals surface area contributed by atoms with Gasteiger partial charge in [0, 0.05) is 67.8 Å². The summed E-state index contributed by atoms with van der Waals surface area (Å²) in [6.07, 6.45) is 5.34. The first-order chi connectivity index (χ1) is 43.5. The number of unbranched alkanes of at least 4 members (excludes halogenated alkanes) is 5. The Hall–Kier alpha value is -8.06. The molecular weight excluding hydrogens is 1160 g/mol. The molecule has 2 heterocycles. The molecule has 4 aromatic rings. The van der Waals surface area contributed by atoms with Crippen LogP contribution in [0.1, 0.15) is 142 Å². The van der Waals surface area contributed by atoms with Crippen molar-refractivity contribution in [3.63, 3.8) is 0 Å². The van der Waals surface area contributed by atoms with Crippen LogP contribution in [-0.4, -0.2) is 144 Å². The minimum atomic E-state index is -1.33. The van der Waals surface area contributed by atoms with E-state index in [0.717, 1.165) is 54.1 Å². The number of aliphatic hydroxyl groups excluding tert-OH is 1. The molecule has 3 aromatic carbocycles. The van der Waals surface area contributed by atoms with Crippen molar-refractivity contribution in [1.82, 2.24) is 42.2 Å². The second-order valence-electron chi connectivity index (χ2n) is 24.9. The summed E-state index contributed by atoms with van der Waals surface area (Å²) < 4.78 is 0. The van der Waals surface area contributed by atoms with Crippen molar-refractivity contribution in [3.8, 4) is 11.1 Å². The Labute approximate surface area is 534 Å². The largest absolute Gasteiger partial charge is 0.393 e. The van der Waals surface area contributed by atoms with Crippen LogP contribution in [0.4, 0.5) is 0 Å². The van der Waals surface area contributed by atoms with Crippen LogP contribution in [-0.2, 0) is 56.0 Å². The molecule has 1 aliphatic rings. The van der Waals surface area contributed by atoms with Gasteiger partial charge in [0.05, 0.1) is 24.6 Å². The van der Waals surface area contributed by atoms with Gasteiger partial charge in [0.15, 0.2) is 17.5 Å². The number of guanidine groups is 1. The van der Waals surface area contributed by atoms with Crippen LogP contribution in [0.25, 0.3) is 22.0 Å². The number of carbonyl (C=O) groups is 9. The second kappa shape index (κ2) is 37.9. The highest BCUT2D eigenvalue weighted by atomic mass is 16.3. The fourth-order valence-corrected chi connectivity index (χ4v) is 11.2. The van der Waals surface area contributed by atoms with E-state index in [1.54, 1.807) is 27.0 Å². The normalized spacial score (nSPS) is 21.1. The molecule has 7 amide bonds. The van der Waals surface area contributed by atoms with E-state index in [1.807, 2.05) is 78.9 Å². The maximum Gasteiger partial charge on any atom is 0.243 e. The molecule has 0 bridgehead atoms. The van der Waals surface area contributed by atoms with Crippen LogP contribution in [0.15, 0.2) is 90.1 Å². The zero-order valence-electron chi connectivity index (χ0n) is 53.5. The number of nitrogens with two attached hydrogens (primary N) is 5. The van der Waals surface area contributed by atoms with Gasteiger partial charge in [-0.15, -0.1) is 0 Å². The van der Waals surface area contributed by atoms with Gasteiger partial charge >= 0.3 is 0 Å². The molecule has 0 radical (unpaired) electrons. The SMILES string of the molecule is CCCCCCC[C@@H](O)CC(=O)N[C@H](CN)C(=O)C[C@H]1CCNC(=O)[C@H](Cc2c[nH]c3ccccc23)NC(=O)[C@H](CCCN=C(N)N)NC(=O)[C@H](CCCCN)NC(=O)[C@H](C(C)(C)C)NC(=O)[C@@H](Cc2ccc(-c3ccccc3)cc2)CC(=O)[C@H](CCN)NC1=O. The summed E-state index contributed by atoms with van der Waals surface area (Å²) in [6.45, 7) is 6.94.